The van der Waals surface area contributed by atoms with E-state index in [1.165, 1.54) is 6.20 Å². The number of hydrogen-bond acceptors (Lipinski definition) is 4. The van der Waals surface area contributed by atoms with Gasteiger partial charge in [-0.15, -0.1) is 0 Å². The number of aromatic nitrogens is 1. The molecule has 136 valence electrons. The summed E-state index contributed by atoms with van der Waals surface area (Å²) in [5.41, 5.74) is 2.56. The molecule has 0 spiro atoms. The molecule has 6 nitrogen and oxygen atoms in total. The predicted octanol–water partition coefficient (Wildman–Crippen LogP) is 3.27. The highest BCUT2D eigenvalue weighted by Gasteiger charge is 2.08. The van der Waals surface area contributed by atoms with Crippen molar-refractivity contribution in [2.45, 2.75) is 6.54 Å². The molecule has 0 atom stereocenters. The number of amides is 2. The molecule has 0 aliphatic rings. The van der Waals surface area contributed by atoms with E-state index >= 15 is 0 Å². The number of anilines is 1. The summed E-state index contributed by atoms with van der Waals surface area (Å²) >= 11 is 0. The summed E-state index contributed by atoms with van der Waals surface area (Å²) in [4.78, 5) is 28.4. The Hall–Kier alpha value is -3.67. The Kier molecular flexibility index (Phi) is 5.79. The average molecular weight is 361 g/mol. The molecule has 1 aromatic heterocycles. The topological polar surface area (TPSA) is 80.3 Å². The number of carbonyl (C=O) groups excluding carboxylic acids is 2. The van der Waals surface area contributed by atoms with Crippen molar-refractivity contribution in [2.24, 2.45) is 0 Å². The Morgan fingerprint density at radius 3 is 2.48 bits per heavy atom. The molecule has 6 heteroatoms. The van der Waals surface area contributed by atoms with Gasteiger partial charge in [-0.25, -0.2) is 0 Å². The number of rotatable bonds is 6. The van der Waals surface area contributed by atoms with Crippen LogP contribution in [0, 0.1) is 0 Å². The molecule has 2 N–H and O–H groups in total. The van der Waals surface area contributed by atoms with Crippen LogP contribution in [0.25, 0.3) is 0 Å². The first-order chi connectivity index (χ1) is 13.2. The van der Waals surface area contributed by atoms with Crippen molar-refractivity contribution in [3.63, 3.8) is 0 Å². The number of hydrogen-bond donors (Lipinski definition) is 2. The van der Waals surface area contributed by atoms with Crippen LogP contribution in [-0.4, -0.2) is 23.9 Å². The number of benzene rings is 2. The summed E-state index contributed by atoms with van der Waals surface area (Å²) in [5, 5.41) is 5.69. The summed E-state index contributed by atoms with van der Waals surface area (Å²) in [6, 6.07) is 17.6. The number of nitrogens with one attached hydrogen (secondary N) is 2. The first-order valence-corrected chi connectivity index (χ1v) is 8.38. The monoisotopic (exact) mass is 361 g/mol. The van der Waals surface area contributed by atoms with Gasteiger partial charge in [0.1, 0.15) is 5.75 Å². The Morgan fingerprint density at radius 2 is 1.78 bits per heavy atom. The fourth-order valence-corrected chi connectivity index (χ4v) is 2.49. The summed E-state index contributed by atoms with van der Waals surface area (Å²) in [6.45, 7) is 0.349. The first kappa shape index (κ1) is 18.1. The smallest absolute Gasteiger partial charge is 0.257 e. The van der Waals surface area contributed by atoms with Gasteiger partial charge in [0.2, 0.25) is 0 Å². The van der Waals surface area contributed by atoms with Gasteiger partial charge in [-0.1, -0.05) is 12.1 Å². The minimum Gasteiger partial charge on any atom is -0.497 e. The Bertz CT molecular complexity index is 925. The number of carbonyl (C=O) groups is 2. The van der Waals surface area contributed by atoms with E-state index < -0.39 is 0 Å². The fourth-order valence-electron chi connectivity index (χ4n) is 2.49. The molecule has 0 fully saturated rings. The standard InChI is InChI=1S/C21H19N3O3/c1-27-19-9-7-16(8-10-19)20(25)23-13-15-4-2-6-18(12-15)24-21(26)17-5-3-11-22-14-17/h2-12,14H,13H2,1H3,(H,23,25)(H,24,26). The number of nitrogens with zero attached hydrogens (tertiary/aromatic N) is 1. The fraction of sp³-hybridized carbons (Fsp3) is 0.0952. The van der Waals surface area contributed by atoms with Crippen LogP contribution in [0.5, 0.6) is 5.75 Å². The molecule has 3 rings (SSSR count). The Morgan fingerprint density at radius 1 is 0.963 bits per heavy atom. The van der Waals surface area contributed by atoms with Crippen molar-refractivity contribution < 1.29 is 14.3 Å². The maximum atomic E-state index is 12.2. The molecule has 0 saturated heterocycles. The van der Waals surface area contributed by atoms with Crippen molar-refractivity contribution in [1.29, 1.82) is 0 Å². The second kappa shape index (κ2) is 8.62. The van der Waals surface area contributed by atoms with Gasteiger partial charge < -0.3 is 15.4 Å². The summed E-state index contributed by atoms with van der Waals surface area (Å²) < 4.78 is 5.08. The predicted molar refractivity (Wildman–Crippen MR) is 103 cm³/mol. The van der Waals surface area contributed by atoms with Gasteiger partial charge in [-0.05, 0) is 54.1 Å². The van der Waals surface area contributed by atoms with Gasteiger partial charge in [0.15, 0.2) is 0 Å². The van der Waals surface area contributed by atoms with Gasteiger partial charge in [0, 0.05) is 30.2 Å². The molecule has 2 aromatic carbocycles. The van der Waals surface area contributed by atoms with E-state index in [1.54, 1.807) is 55.8 Å². The lowest BCUT2D eigenvalue weighted by molar-refractivity contribution is 0.0950. The van der Waals surface area contributed by atoms with Gasteiger partial charge >= 0.3 is 0 Å². The average Bonchev–Trinajstić information content (AvgIpc) is 2.73. The van der Waals surface area contributed by atoms with Crippen LogP contribution in [0.15, 0.2) is 73.1 Å². The number of ether oxygens (including phenoxy) is 1. The molecular formula is C21H19N3O3. The summed E-state index contributed by atoms with van der Waals surface area (Å²) in [6.07, 6.45) is 3.12. The van der Waals surface area contributed by atoms with E-state index in [4.69, 9.17) is 4.74 Å². The normalized spacial score (nSPS) is 10.1. The Labute approximate surface area is 157 Å². The first-order valence-electron chi connectivity index (χ1n) is 8.38. The lowest BCUT2D eigenvalue weighted by Crippen LogP contribution is -2.22. The molecule has 0 saturated carbocycles. The largest absolute Gasteiger partial charge is 0.497 e. The van der Waals surface area contributed by atoms with Gasteiger partial charge in [0.05, 0.1) is 12.7 Å². The highest BCUT2D eigenvalue weighted by atomic mass is 16.5. The molecule has 0 bridgehead atoms. The zero-order valence-corrected chi connectivity index (χ0v) is 14.8. The van der Waals surface area contributed by atoms with Crippen LogP contribution in [0.1, 0.15) is 26.3 Å². The van der Waals surface area contributed by atoms with Crippen LogP contribution in [0.3, 0.4) is 0 Å². The molecule has 0 unspecified atom stereocenters. The van der Waals surface area contributed by atoms with Gasteiger partial charge in [0.25, 0.3) is 11.8 Å². The molecule has 2 amide bonds. The van der Waals surface area contributed by atoms with Crippen LogP contribution in [0.2, 0.25) is 0 Å². The molecule has 0 radical (unpaired) electrons. The lowest BCUT2D eigenvalue weighted by Gasteiger charge is -2.09. The minimum absolute atomic E-state index is 0.178. The molecule has 27 heavy (non-hydrogen) atoms. The Balaban J connectivity index is 1.60. The number of methoxy groups -OCH3 is 1. The maximum absolute atomic E-state index is 12.2. The van der Waals surface area contributed by atoms with Crippen molar-refractivity contribution in [2.75, 3.05) is 12.4 Å². The van der Waals surface area contributed by atoms with Gasteiger partial charge in [-0.2, -0.15) is 0 Å². The van der Waals surface area contributed by atoms with E-state index in [1.807, 2.05) is 18.2 Å². The van der Waals surface area contributed by atoms with Crippen molar-refractivity contribution >= 4 is 17.5 Å². The third kappa shape index (κ3) is 4.92. The number of pyridine rings is 1. The molecule has 1 heterocycles. The van der Waals surface area contributed by atoms with E-state index in [0.717, 1.165) is 5.56 Å². The van der Waals surface area contributed by atoms with Crippen molar-refractivity contribution in [3.8, 4) is 5.75 Å². The molecular weight excluding hydrogens is 342 g/mol. The quantitative estimate of drug-likeness (QED) is 0.706. The van der Waals surface area contributed by atoms with E-state index in [2.05, 4.69) is 15.6 Å². The van der Waals surface area contributed by atoms with Crippen LogP contribution < -0.4 is 15.4 Å². The third-order valence-electron chi connectivity index (χ3n) is 3.91. The SMILES string of the molecule is COc1ccc(C(=O)NCc2cccc(NC(=O)c3cccnc3)c2)cc1. The van der Waals surface area contributed by atoms with Crippen molar-refractivity contribution in [1.82, 2.24) is 10.3 Å². The van der Waals surface area contributed by atoms with Crippen LogP contribution in [-0.2, 0) is 6.54 Å². The van der Waals surface area contributed by atoms with Gasteiger partial charge in [-0.3, -0.25) is 14.6 Å². The highest BCUT2D eigenvalue weighted by molar-refractivity contribution is 6.04. The highest BCUT2D eigenvalue weighted by Crippen LogP contribution is 2.14. The van der Waals surface area contributed by atoms with Crippen LogP contribution >= 0.6 is 0 Å². The van der Waals surface area contributed by atoms with E-state index in [0.29, 0.717) is 29.1 Å². The van der Waals surface area contributed by atoms with Crippen molar-refractivity contribution in [3.05, 3.63) is 89.7 Å². The summed E-state index contributed by atoms with van der Waals surface area (Å²) in [5.74, 6) is 0.286. The third-order valence-corrected chi connectivity index (χ3v) is 3.91. The second-order valence-electron chi connectivity index (χ2n) is 5.81. The zero-order valence-electron chi connectivity index (χ0n) is 14.8. The summed E-state index contributed by atoms with van der Waals surface area (Å²) in [7, 11) is 1.58. The zero-order chi connectivity index (χ0) is 19.1. The van der Waals surface area contributed by atoms with E-state index in [9.17, 15) is 9.59 Å². The molecule has 3 aromatic rings. The van der Waals surface area contributed by atoms with Crippen LogP contribution in [0.4, 0.5) is 5.69 Å². The second-order valence-corrected chi connectivity index (χ2v) is 5.81. The lowest BCUT2D eigenvalue weighted by atomic mass is 10.1. The minimum atomic E-state index is -0.234. The van der Waals surface area contributed by atoms with E-state index in [-0.39, 0.29) is 11.8 Å². The molecule has 0 aliphatic carbocycles. The molecule has 0 aliphatic heterocycles. The maximum Gasteiger partial charge on any atom is 0.257 e.